The van der Waals surface area contributed by atoms with E-state index in [9.17, 15) is 0 Å². The Morgan fingerprint density at radius 2 is 1.75 bits per heavy atom. The fourth-order valence-corrected chi connectivity index (χ4v) is 1.27. The molecule has 1 rings (SSSR count). The lowest BCUT2D eigenvalue weighted by molar-refractivity contribution is 0.813. The Morgan fingerprint density at radius 3 is 2.25 bits per heavy atom. The number of alkyl halides is 2. The van der Waals surface area contributed by atoms with Crippen LogP contribution in [-0.2, 0) is 6.42 Å². The quantitative estimate of drug-likeness (QED) is 0.660. The van der Waals surface area contributed by atoms with Crippen molar-refractivity contribution in [2.45, 2.75) is 24.1 Å². The third-order valence-corrected chi connectivity index (χ3v) is 2.74. The zero-order valence-corrected chi connectivity index (χ0v) is 8.52. The van der Waals surface area contributed by atoms with Gasteiger partial charge < -0.3 is 0 Å². The van der Waals surface area contributed by atoms with E-state index in [-0.39, 0.29) is 10.8 Å². The first-order valence-electron chi connectivity index (χ1n) is 4.02. The molecule has 1 aromatic rings. The molecule has 0 aliphatic heterocycles. The summed E-state index contributed by atoms with van der Waals surface area (Å²) in [6.45, 7) is 1.92. The molecule has 0 saturated carbocycles. The fraction of sp³-hybridized carbons (Fsp3) is 0.400. The summed E-state index contributed by atoms with van der Waals surface area (Å²) in [7, 11) is 0. The minimum absolute atomic E-state index is 0.0203. The summed E-state index contributed by atoms with van der Waals surface area (Å²) < 4.78 is 0. The average Bonchev–Trinajstić information content (AvgIpc) is 2.06. The van der Waals surface area contributed by atoms with Crippen molar-refractivity contribution in [1.29, 1.82) is 0 Å². The largest absolute Gasteiger partial charge is 0.122 e. The minimum Gasteiger partial charge on any atom is -0.122 e. The van der Waals surface area contributed by atoms with Gasteiger partial charge in [-0.25, -0.2) is 0 Å². The zero-order valence-electron chi connectivity index (χ0n) is 7.00. The van der Waals surface area contributed by atoms with Gasteiger partial charge in [0.2, 0.25) is 0 Å². The lowest BCUT2D eigenvalue weighted by Gasteiger charge is -2.10. The van der Waals surface area contributed by atoms with Crippen molar-refractivity contribution < 1.29 is 0 Å². The van der Waals surface area contributed by atoms with Gasteiger partial charge in [0.05, 0.1) is 5.38 Å². The highest BCUT2D eigenvalue weighted by atomic mass is 35.5. The third kappa shape index (κ3) is 3.04. The Bertz CT molecular complexity index is 219. The molecule has 1 aromatic carbocycles. The van der Waals surface area contributed by atoms with Crippen molar-refractivity contribution in [2.75, 3.05) is 0 Å². The molecule has 0 nitrogen and oxygen atoms in total. The van der Waals surface area contributed by atoms with Gasteiger partial charge in [-0.05, 0) is 18.9 Å². The van der Waals surface area contributed by atoms with Crippen LogP contribution in [0.3, 0.4) is 0 Å². The summed E-state index contributed by atoms with van der Waals surface area (Å²) in [5.41, 5.74) is 1.24. The summed E-state index contributed by atoms with van der Waals surface area (Å²) >= 11 is 11.9. The number of rotatable bonds is 3. The van der Waals surface area contributed by atoms with Crippen molar-refractivity contribution in [3.8, 4) is 0 Å². The van der Waals surface area contributed by atoms with Crippen molar-refractivity contribution in [1.82, 2.24) is 0 Å². The van der Waals surface area contributed by atoms with E-state index in [1.165, 1.54) is 5.56 Å². The average molecular weight is 203 g/mol. The van der Waals surface area contributed by atoms with Crippen LogP contribution in [0.4, 0.5) is 0 Å². The summed E-state index contributed by atoms with van der Waals surface area (Å²) in [6, 6.07) is 10.1. The van der Waals surface area contributed by atoms with Crippen LogP contribution < -0.4 is 0 Å². The highest BCUT2D eigenvalue weighted by molar-refractivity contribution is 6.29. The molecule has 0 N–H and O–H groups in total. The van der Waals surface area contributed by atoms with Crippen LogP contribution in [0, 0.1) is 0 Å². The molecule has 66 valence electrons. The molecule has 0 radical (unpaired) electrons. The fourth-order valence-electron chi connectivity index (χ4n) is 1.00. The lowest BCUT2D eigenvalue weighted by atomic mass is 10.1. The molecule has 0 amide bonds. The minimum atomic E-state index is 0.0203. The Morgan fingerprint density at radius 1 is 1.17 bits per heavy atom. The van der Waals surface area contributed by atoms with Crippen LogP contribution in [-0.4, -0.2) is 10.8 Å². The SMILES string of the molecule is CC(Cl)C(Cl)Cc1ccccc1. The van der Waals surface area contributed by atoms with Gasteiger partial charge in [0.15, 0.2) is 0 Å². The first kappa shape index (κ1) is 9.88. The standard InChI is InChI=1S/C10H12Cl2/c1-8(11)10(12)7-9-5-3-2-4-6-9/h2-6,8,10H,7H2,1H3. The van der Waals surface area contributed by atoms with Gasteiger partial charge in [0, 0.05) is 5.38 Å². The molecule has 0 aliphatic rings. The van der Waals surface area contributed by atoms with Gasteiger partial charge in [-0.1, -0.05) is 30.3 Å². The zero-order chi connectivity index (χ0) is 8.97. The number of hydrogen-bond acceptors (Lipinski definition) is 0. The molecule has 0 aliphatic carbocycles. The normalized spacial score (nSPS) is 15.6. The van der Waals surface area contributed by atoms with Crippen LogP contribution in [0.2, 0.25) is 0 Å². The predicted octanol–water partition coefficient (Wildman–Crippen LogP) is 3.46. The lowest BCUT2D eigenvalue weighted by Crippen LogP contribution is -2.13. The van der Waals surface area contributed by atoms with Crippen LogP contribution >= 0.6 is 23.2 Å². The van der Waals surface area contributed by atoms with Crippen LogP contribution in [0.1, 0.15) is 12.5 Å². The maximum atomic E-state index is 6.02. The topological polar surface area (TPSA) is 0 Å². The van der Waals surface area contributed by atoms with E-state index in [0.29, 0.717) is 0 Å². The highest BCUT2D eigenvalue weighted by Crippen LogP contribution is 2.14. The van der Waals surface area contributed by atoms with E-state index in [1.54, 1.807) is 0 Å². The monoisotopic (exact) mass is 202 g/mol. The summed E-state index contributed by atoms with van der Waals surface area (Å²) in [4.78, 5) is 0. The molecule has 0 fully saturated rings. The summed E-state index contributed by atoms with van der Waals surface area (Å²) in [5.74, 6) is 0. The van der Waals surface area contributed by atoms with Crippen molar-refractivity contribution in [3.63, 3.8) is 0 Å². The molecule has 0 bridgehead atoms. The Hall–Kier alpha value is -0.200. The molecule has 2 atom stereocenters. The molecule has 2 heteroatoms. The van der Waals surface area contributed by atoms with Crippen LogP contribution in [0.5, 0.6) is 0 Å². The first-order chi connectivity index (χ1) is 5.70. The second-order valence-corrected chi connectivity index (χ2v) is 4.13. The molecule has 0 spiro atoms. The number of hydrogen-bond donors (Lipinski definition) is 0. The third-order valence-electron chi connectivity index (χ3n) is 1.77. The van der Waals surface area contributed by atoms with Crippen molar-refractivity contribution in [2.24, 2.45) is 0 Å². The van der Waals surface area contributed by atoms with E-state index in [1.807, 2.05) is 25.1 Å². The van der Waals surface area contributed by atoms with E-state index in [0.717, 1.165) is 6.42 Å². The van der Waals surface area contributed by atoms with Gasteiger partial charge in [0.25, 0.3) is 0 Å². The van der Waals surface area contributed by atoms with Gasteiger partial charge >= 0.3 is 0 Å². The summed E-state index contributed by atoms with van der Waals surface area (Å²) in [5, 5.41) is 0.0425. The van der Waals surface area contributed by atoms with Crippen LogP contribution in [0.15, 0.2) is 30.3 Å². The summed E-state index contributed by atoms with van der Waals surface area (Å²) in [6.07, 6.45) is 0.840. The van der Waals surface area contributed by atoms with Gasteiger partial charge in [-0.2, -0.15) is 0 Å². The molecule has 0 aromatic heterocycles. The van der Waals surface area contributed by atoms with Crippen LogP contribution in [0.25, 0.3) is 0 Å². The van der Waals surface area contributed by atoms with Gasteiger partial charge in [0.1, 0.15) is 0 Å². The maximum absolute atomic E-state index is 6.02. The molecule has 0 saturated heterocycles. The molecular weight excluding hydrogens is 191 g/mol. The molecular formula is C10H12Cl2. The first-order valence-corrected chi connectivity index (χ1v) is 4.89. The predicted molar refractivity (Wildman–Crippen MR) is 55.1 cm³/mol. The molecule has 2 unspecified atom stereocenters. The molecule has 12 heavy (non-hydrogen) atoms. The van der Waals surface area contributed by atoms with E-state index in [4.69, 9.17) is 23.2 Å². The van der Waals surface area contributed by atoms with Crippen molar-refractivity contribution in [3.05, 3.63) is 35.9 Å². The second kappa shape index (κ2) is 4.74. The Kier molecular flexibility index (Phi) is 3.90. The molecule has 0 heterocycles. The highest BCUT2D eigenvalue weighted by Gasteiger charge is 2.11. The van der Waals surface area contributed by atoms with E-state index >= 15 is 0 Å². The smallest absolute Gasteiger partial charge is 0.0537 e. The van der Waals surface area contributed by atoms with E-state index in [2.05, 4.69) is 12.1 Å². The van der Waals surface area contributed by atoms with Gasteiger partial charge in [-0.3, -0.25) is 0 Å². The van der Waals surface area contributed by atoms with Crippen molar-refractivity contribution >= 4 is 23.2 Å². The Labute approximate surface area is 83.5 Å². The van der Waals surface area contributed by atoms with E-state index < -0.39 is 0 Å². The Balaban J connectivity index is 2.53. The number of benzene rings is 1. The maximum Gasteiger partial charge on any atom is 0.0537 e. The van der Waals surface area contributed by atoms with Gasteiger partial charge in [-0.15, -0.1) is 23.2 Å². The second-order valence-electron chi connectivity index (χ2n) is 2.88. The number of halogens is 2.